The van der Waals surface area contributed by atoms with Gasteiger partial charge >= 0.3 is 0 Å². The lowest BCUT2D eigenvalue weighted by atomic mass is 10.1. The number of nitrogens with one attached hydrogen (secondary N) is 1. The summed E-state index contributed by atoms with van der Waals surface area (Å²) in [5.41, 5.74) is 4.17. The van der Waals surface area contributed by atoms with Crippen molar-refractivity contribution < 1.29 is 0 Å². The van der Waals surface area contributed by atoms with E-state index in [0.29, 0.717) is 0 Å². The summed E-state index contributed by atoms with van der Waals surface area (Å²) < 4.78 is 0. The molecule has 0 atom stereocenters. The molecule has 1 heterocycles. The second kappa shape index (κ2) is 6.21. The van der Waals surface area contributed by atoms with E-state index in [1.165, 1.54) is 36.4 Å². The summed E-state index contributed by atoms with van der Waals surface area (Å²) in [7, 11) is 2.02. The molecule has 0 spiro atoms. The molecular weight excluding hydrogens is 222 g/mol. The number of benzene rings is 1. The van der Waals surface area contributed by atoms with Crippen LogP contribution in [-0.4, -0.2) is 44.7 Å². The van der Waals surface area contributed by atoms with E-state index in [4.69, 9.17) is 0 Å². The third kappa shape index (κ3) is 3.03. The summed E-state index contributed by atoms with van der Waals surface area (Å²) in [5, 5.41) is 3.27. The molecule has 0 bridgehead atoms. The van der Waals surface area contributed by atoms with Crippen molar-refractivity contribution in [2.75, 3.05) is 44.7 Å². The molecule has 1 fully saturated rings. The molecule has 2 rings (SSSR count). The summed E-state index contributed by atoms with van der Waals surface area (Å²) in [6.45, 7) is 11.2. The van der Waals surface area contributed by atoms with E-state index < -0.39 is 0 Å². The average molecular weight is 247 g/mol. The van der Waals surface area contributed by atoms with Crippen molar-refractivity contribution in [2.45, 2.75) is 20.4 Å². The number of hydrogen-bond donors (Lipinski definition) is 1. The van der Waals surface area contributed by atoms with E-state index in [0.717, 1.165) is 19.6 Å². The number of aryl methyl sites for hydroxylation is 1. The lowest BCUT2D eigenvalue weighted by molar-refractivity contribution is 0.271. The number of rotatable bonds is 4. The van der Waals surface area contributed by atoms with Gasteiger partial charge in [-0.15, -0.1) is 0 Å². The molecule has 1 aromatic carbocycles. The van der Waals surface area contributed by atoms with Crippen LogP contribution in [0, 0.1) is 6.92 Å². The van der Waals surface area contributed by atoms with Crippen molar-refractivity contribution in [3.63, 3.8) is 0 Å². The molecule has 1 aromatic rings. The van der Waals surface area contributed by atoms with Gasteiger partial charge < -0.3 is 15.1 Å². The van der Waals surface area contributed by atoms with E-state index in [2.05, 4.69) is 47.2 Å². The van der Waals surface area contributed by atoms with Crippen LogP contribution in [-0.2, 0) is 6.54 Å². The Kier molecular flexibility index (Phi) is 4.61. The van der Waals surface area contributed by atoms with Crippen LogP contribution < -0.4 is 10.2 Å². The van der Waals surface area contributed by atoms with Gasteiger partial charge in [-0.05, 0) is 32.1 Å². The smallest absolute Gasteiger partial charge is 0.0412 e. The van der Waals surface area contributed by atoms with E-state index in [9.17, 15) is 0 Å². The third-order valence-corrected chi connectivity index (χ3v) is 3.76. The van der Waals surface area contributed by atoms with E-state index in [1.807, 2.05) is 7.05 Å². The molecule has 0 saturated carbocycles. The third-order valence-electron chi connectivity index (χ3n) is 3.76. The predicted octanol–water partition coefficient (Wildman–Crippen LogP) is 1.86. The Hall–Kier alpha value is -1.06. The van der Waals surface area contributed by atoms with E-state index in [-0.39, 0.29) is 0 Å². The summed E-state index contributed by atoms with van der Waals surface area (Å²) >= 11 is 0. The molecular formula is C15H25N3. The van der Waals surface area contributed by atoms with Crippen LogP contribution in [0.5, 0.6) is 0 Å². The summed E-state index contributed by atoms with van der Waals surface area (Å²) in [6, 6.07) is 6.81. The van der Waals surface area contributed by atoms with Gasteiger partial charge in [0, 0.05) is 38.4 Å². The minimum atomic E-state index is 0.949. The summed E-state index contributed by atoms with van der Waals surface area (Å²) in [4.78, 5) is 5.04. The first-order valence-electron chi connectivity index (χ1n) is 6.96. The van der Waals surface area contributed by atoms with Gasteiger partial charge in [-0.2, -0.15) is 0 Å². The first-order chi connectivity index (χ1) is 8.74. The van der Waals surface area contributed by atoms with Crippen LogP contribution in [0.3, 0.4) is 0 Å². The first kappa shape index (κ1) is 13.4. The van der Waals surface area contributed by atoms with Gasteiger partial charge in [-0.3, -0.25) is 0 Å². The highest BCUT2D eigenvalue weighted by atomic mass is 15.3. The van der Waals surface area contributed by atoms with Gasteiger partial charge in [-0.25, -0.2) is 0 Å². The van der Waals surface area contributed by atoms with Gasteiger partial charge in [0.25, 0.3) is 0 Å². The van der Waals surface area contributed by atoms with Crippen molar-refractivity contribution in [3.05, 3.63) is 29.3 Å². The highest BCUT2D eigenvalue weighted by molar-refractivity contribution is 5.55. The highest BCUT2D eigenvalue weighted by Crippen LogP contribution is 2.23. The van der Waals surface area contributed by atoms with Crippen LogP contribution in [0.4, 0.5) is 5.69 Å². The summed E-state index contributed by atoms with van der Waals surface area (Å²) in [6.07, 6.45) is 0. The number of anilines is 1. The van der Waals surface area contributed by atoms with Gasteiger partial charge in [0.05, 0.1) is 0 Å². The Bertz CT molecular complexity index is 381. The van der Waals surface area contributed by atoms with E-state index >= 15 is 0 Å². The number of piperazine rings is 1. The number of nitrogens with zero attached hydrogens (tertiary/aromatic N) is 2. The van der Waals surface area contributed by atoms with Crippen molar-refractivity contribution in [1.82, 2.24) is 10.2 Å². The SMILES string of the molecule is CCN1CCN(c2ccc(C)cc2CNC)CC1. The minimum Gasteiger partial charge on any atom is -0.369 e. The zero-order valence-corrected chi connectivity index (χ0v) is 11.9. The Morgan fingerprint density at radius 2 is 1.89 bits per heavy atom. The molecule has 0 unspecified atom stereocenters. The van der Waals surface area contributed by atoms with Crippen LogP contribution in [0.2, 0.25) is 0 Å². The van der Waals surface area contributed by atoms with Crippen LogP contribution in [0.15, 0.2) is 18.2 Å². The van der Waals surface area contributed by atoms with Crippen molar-refractivity contribution >= 4 is 5.69 Å². The quantitative estimate of drug-likeness (QED) is 0.876. The molecule has 3 heteroatoms. The lowest BCUT2D eigenvalue weighted by Crippen LogP contribution is -2.46. The maximum Gasteiger partial charge on any atom is 0.0412 e. The monoisotopic (exact) mass is 247 g/mol. The molecule has 1 aliphatic rings. The second-order valence-corrected chi connectivity index (χ2v) is 5.08. The molecule has 0 amide bonds. The fourth-order valence-electron chi connectivity index (χ4n) is 2.66. The predicted molar refractivity (Wildman–Crippen MR) is 78.3 cm³/mol. The summed E-state index contributed by atoms with van der Waals surface area (Å²) in [5.74, 6) is 0. The van der Waals surface area contributed by atoms with E-state index in [1.54, 1.807) is 0 Å². The topological polar surface area (TPSA) is 18.5 Å². The normalized spacial score (nSPS) is 17.2. The van der Waals surface area contributed by atoms with Gasteiger partial charge in [-0.1, -0.05) is 24.6 Å². The van der Waals surface area contributed by atoms with Gasteiger partial charge in [0.1, 0.15) is 0 Å². The van der Waals surface area contributed by atoms with Gasteiger partial charge in [0.2, 0.25) is 0 Å². The molecule has 0 aliphatic carbocycles. The molecule has 1 N–H and O–H groups in total. The Balaban J connectivity index is 2.13. The molecule has 0 radical (unpaired) electrons. The fourth-order valence-corrected chi connectivity index (χ4v) is 2.66. The first-order valence-corrected chi connectivity index (χ1v) is 6.96. The van der Waals surface area contributed by atoms with Crippen molar-refractivity contribution in [1.29, 1.82) is 0 Å². The Morgan fingerprint density at radius 1 is 1.17 bits per heavy atom. The van der Waals surface area contributed by atoms with Crippen molar-refractivity contribution in [3.8, 4) is 0 Å². The zero-order valence-electron chi connectivity index (χ0n) is 11.9. The number of likely N-dealkylation sites (N-methyl/N-ethyl adjacent to an activating group) is 1. The molecule has 3 nitrogen and oxygen atoms in total. The maximum atomic E-state index is 3.27. The Labute approximate surface area is 111 Å². The maximum absolute atomic E-state index is 3.27. The zero-order chi connectivity index (χ0) is 13.0. The fraction of sp³-hybridized carbons (Fsp3) is 0.600. The van der Waals surface area contributed by atoms with Crippen molar-refractivity contribution in [2.24, 2.45) is 0 Å². The molecule has 100 valence electrons. The second-order valence-electron chi connectivity index (χ2n) is 5.08. The van der Waals surface area contributed by atoms with Crippen LogP contribution in [0.25, 0.3) is 0 Å². The molecule has 1 aliphatic heterocycles. The standard InChI is InChI=1S/C15H25N3/c1-4-17-7-9-18(10-8-17)15-6-5-13(2)11-14(15)12-16-3/h5-6,11,16H,4,7-10,12H2,1-3H3. The Morgan fingerprint density at radius 3 is 2.50 bits per heavy atom. The number of hydrogen-bond acceptors (Lipinski definition) is 3. The highest BCUT2D eigenvalue weighted by Gasteiger charge is 2.17. The average Bonchev–Trinajstić information content (AvgIpc) is 2.40. The minimum absolute atomic E-state index is 0.949. The van der Waals surface area contributed by atoms with Crippen LogP contribution in [0.1, 0.15) is 18.1 Å². The molecule has 0 aromatic heterocycles. The van der Waals surface area contributed by atoms with Gasteiger partial charge in [0.15, 0.2) is 0 Å². The lowest BCUT2D eigenvalue weighted by Gasteiger charge is -2.36. The van der Waals surface area contributed by atoms with Crippen LogP contribution >= 0.6 is 0 Å². The molecule has 18 heavy (non-hydrogen) atoms. The largest absolute Gasteiger partial charge is 0.369 e. The molecule has 1 saturated heterocycles.